The van der Waals surface area contributed by atoms with Crippen LogP contribution in [-0.4, -0.2) is 29.4 Å². The van der Waals surface area contributed by atoms with E-state index in [1.54, 1.807) is 4.68 Å². The number of methoxy groups -OCH3 is 1. The van der Waals surface area contributed by atoms with E-state index in [1.165, 1.54) is 13.5 Å². The number of hydrogen-bond acceptors (Lipinski definition) is 4. The molecule has 94 valence electrons. The van der Waals surface area contributed by atoms with Crippen molar-refractivity contribution < 1.29 is 9.53 Å². The van der Waals surface area contributed by atoms with Gasteiger partial charge in [0.15, 0.2) is 5.69 Å². The molecule has 0 aliphatic heterocycles. The van der Waals surface area contributed by atoms with E-state index >= 15 is 0 Å². The molecule has 2 N–H and O–H groups in total. The highest BCUT2D eigenvalue weighted by atomic mass is 16.5. The Kier molecular flexibility index (Phi) is 3.19. The molecule has 0 bridgehead atoms. The van der Waals surface area contributed by atoms with Crippen molar-refractivity contribution in [3.05, 3.63) is 17.5 Å². The van der Waals surface area contributed by atoms with Crippen molar-refractivity contribution in [3.8, 4) is 0 Å². The molecular formula is C12H19N3O2. The number of rotatable bonds is 4. The maximum Gasteiger partial charge on any atom is 0.358 e. The lowest BCUT2D eigenvalue weighted by Gasteiger charge is -2.41. The number of carbonyl (C=O) groups is 1. The van der Waals surface area contributed by atoms with Crippen LogP contribution in [0.2, 0.25) is 0 Å². The van der Waals surface area contributed by atoms with Crippen LogP contribution in [0.1, 0.15) is 41.9 Å². The predicted octanol–water partition coefficient (Wildman–Crippen LogP) is 0.977. The van der Waals surface area contributed by atoms with E-state index in [4.69, 9.17) is 5.73 Å². The molecule has 0 radical (unpaired) electrons. The Morgan fingerprint density at radius 3 is 2.82 bits per heavy atom. The summed E-state index contributed by atoms with van der Waals surface area (Å²) in [6.07, 6.45) is 4.43. The molecule has 5 nitrogen and oxygen atoms in total. The van der Waals surface area contributed by atoms with E-state index < -0.39 is 0 Å². The Morgan fingerprint density at radius 1 is 1.65 bits per heavy atom. The first-order valence-electron chi connectivity index (χ1n) is 5.96. The largest absolute Gasteiger partial charge is 0.464 e. The topological polar surface area (TPSA) is 70.1 Å². The fraction of sp³-hybridized carbons (Fsp3) is 0.667. The monoisotopic (exact) mass is 237 g/mol. The second-order valence-electron chi connectivity index (χ2n) is 4.70. The molecule has 17 heavy (non-hydrogen) atoms. The van der Waals surface area contributed by atoms with Gasteiger partial charge in [-0.1, -0.05) is 6.42 Å². The highest BCUT2D eigenvalue weighted by Gasteiger charge is 2.40. The molecule has 0 amide bonds. The molecule has 1 fully saturated rings. The molecule has 0 atom stereocenters. The molecule has 0 unspecified atom stereocenters. The van der Waals surface area contributed by atoms with Crippen LogP contribution in [-0.2, 0) is 17.2 Å². The summed E-state index contributed by atoms with van der Waals surface area (Å²) in [6.45, 7) is 0.665. The first-order chi connectivity index (χ1) is 8.13. The summed E-state index contributed by atoms with van der Waals surface area (Å²) in [5, 5.41) is 4.21. The number of ether oxygens (including phenoxy) is 1. The molecule has 0 spiro atoms. The van der Waals surface area contributed by atoms with E-state index in [1.807, 2.05) is 13.1 Å². The van der Waals surface area contributed by atoms with E-state index in [0.29, 0.717) is 12.2 Å². The van der Waals surface area contributed by atoms with Crippen molar-refractivity contribution in [2.24, 2.45) is 12.8 Å². The molecule has 0 aromatic carbocycles. The number of aromatic nitrogens is 2. The van der Waals surface area contributed by atoms with Crippen molar-refractivity contribution in [1.29, 1.82) is 0 Å². The molecule has 1 aromatic heterocycles. The van der Waals surface area contributed by atoms with Crippen LogP contribution in [0, 0.1) is 0 Å². The lowest BCUT2D eigenvalue weighted by molar-refractivity contribution is 0.0593. The Labute approximate surface area is 101 Å². The number of nitrogens with two attached hydrogens (primary N) is 1. The van der Waals surface area contributed by atoms with Crippen LogP contribution >= 0.6 is 0 Å². The fourth-order valence-corrected chi connectivity index (χ4v) is 2.68. The van der Waals surface area contributed by atoms with Gasteiger partial charge < -0.3 is 10.5 Å². The van der Waals surface area contributed by atoms with Crippen LogP contribution in [0.15, 0.2) is 6.07 Å². The summed E-state index contributed by atoms with van der Waals surface area (Å²) in [5.41, 5.74) is 7.30. The highest BCUT2D eigenvalue weighted by molar-refractivity contribution is 5.87. The Hall–Kier alpha value is -1.36. The van der Waals surface area contributed by atoms with Crippen LogP contribution in [0.25, 0.3) is 0 Å². The lowest BCUT2D eigenvalue weighted by atomic mass is 9.64. The molecular weight excluding hydrogens is 218 g/mol. The van der Waals surface area contributed by atoms with E-state index in [2.05, 4.69) is 9.84 Å². The quantitative estimate of drug-likeness (QED) is 0.792. The zero-order valence-corrected chi connectivity index (χ0v) is 10.4. The summed E-state index contributed by atoms with van der Waals surface area (Å²) in [6, 6.07) is 1.85. The number of nitrogens with zero attached hydrogens (tertiary/aromatic N) is 2. The Morgan fingerprint density at radius 2 is 2.35 bits per heavy atom. The zero-order chi connectivity index (χ0) is 12.5. The van der Waals surface area contributed by atoms with Crippen LogP contribution < -0.4 is 5.73 Å². The number of hydrogen-bond donors (Lipinski definition) is 1. The smallest absolute Gasteiger partial charge is 0.358 e. The molecule has 2 rings (SSSR count). The maximum atomic E-state index is 11.4. The number of esters is 1. The first-order valence-corrected chi connectivity index (χ1v) is 5.96. The van der Waals surface area contributed by atoms with Crippen molar-refractivity contribution in [1.82, 2.24) is 9.78 Å². The second-order valence-corrected chi connectivity index (χ2v) is 4.70. The maximum absolute atomic E-state index is 11.4. The van der Waals surface area contributed by atoms with Crippen molar-refractivity contribution in [2.45, 2.75) is 31.1 Å². The molecule has 1 aliphatic rings. The van der Waals surface area contributed by atoms with Crippen molar-refractivity contribution in [2.75, 3.05) is 13.7 Å². The number of aryl methyl sites for hydroxylation is 1. The molecule has 5 heteroatoms. The third-order valence-electron chi connectivity index (χ3n) is 3.75. The zero-order valence-electron chi connectivity index (χ0n) is 10.4. The van der Waals surface area contributed by atoms with E-state index in [-0.39, 0.29) is 11.4 Å². The summed E-state index contributed by atoms with van der Waals surface area (Å²) >= 11 is 0. The van der Waals surface area contributed by atoms with Crippen LogP contribution in [0.4, 0.5) is 0 Å². The standard InChI is InChI=1S/C12H19N3O2/c1-15-10(8-9(14-15)11(16)17-2)12(6-7-13)4-3-5-12/h8H,3-7,13H2,1-2H3. The van der Waals surface area contributed by atoms with Gasteiger partial charge >= 0.3 is 5.97 Å². The minimum atomic E-state index is -0.380. The van der Waals surface area contributed by atoms with Gasteiger partial charge in [0.1, 0.15) is 0 Å². The summed E-state index contributed by atoms with van der Waals surface area (Å²) in [7, 11) is 3.24. The second kappa shape index (κ2) is 4.49. The van der Waals surface area contributed by atoms with E-state index in [9.17, 15) is 4.79 Å². The summed E-state index contributed by atoms with van der Waals surface area (Å²) in [4.78, 5) is 11.4. The minimum absolute atomic E-state index is 0.128. The summed E-state index contributed by atoms with van der Waals surface area (Å²) in [5.74, 6) is -0.380. The lowest BCUT2D eigenvalue weighted by Crippen LogP contribution is -2.38. The van der Waals surface area contributed by atoms with Crippen molar-refractivity contribution in [3.63, 3.8) is 0 Å². The fourth-order valence-electron chi connectivity index (χ4n) is 2.68. The van der Waals surface area contributed by atoms with Gasteiger partial charge in [-0.2, -0.15) is 5.10 Å². The van der Waals surface area contributed by atoms with Gasteiger partial charge in [0, 0.05) is 18.2 Å². The van der Waals surface area contributed by atoms with Gasteiger partial charge in [-0.05, 0) is 31.9 Å². The average Bonchev–Trinajstić information content (AvgIpc) is 2.65. The van der Waals surface area contributed by atoms with Gasteiger partial charge in [0.05, 0.1) is 7.11 Å². The third-order valence-corrected chi connectivity index (χ3v) is 3.75. The van der Waals surface area contributed by atoms with Crippen molar-refractivity contribution >= 4 is 5.97 Å². The normalized spacial score (nSPS) is 17.6. The average molecular weight is 237 g/mol. The van der Waals surface area contributed by atoms with Gasteiger partial charge in [-0.3, -0.25) is 4.68 Å². The summed E-state index contributed by atoms with van der Waals surface area (Å²) < 4.78 is 6.48. The SMILES string of the molecule is COC(=O)c1cc(C2(CCN)CCC2)n(C)n1. The molecule has 1 aliphatic carbocycles. The van der Waals surface area contributed by atoms with Gasteiger partial charge in [0.25, 0.3) is 0 Å². The first kappa shape index (κ1) is 12.1. The minimum Gasteiger partial charge on any atom is -0.464 e. The highest BCUT2D eigenvalue weighted by Crippen LogP contribution is 2.46. The molecule has 1 saturated carbocycles. The molecule has 0 saturated heterocycles. The number of carbonyl (C=O) groups excluding carboxylic acids is 1. The predicted molar refractivity (Wildman–Crippen MR) is 63.7 cm³/mol. The van der Waals surface area contributed by atoms with Crippen LogP contribution in [0.3, 0.4) is 0 Å². The molecule has 1 aromatic rings. The van der Waals surface area contributed by atoms with Gasteiger partial charge in [-0.25, -0.2) is 4.79 Å². The Balaban J connectivity index is 2.31. The van der Waals surface area contributed by atoms with Crippen LogP contribution in [0.5, 0.6) is 0 Å². The molecule has 1 heterocycles. The third kappa shape index (κ3) is 1.95. The van der Waals surface area contributed by atoms with Gasteiger partial charge in [-0.15, -0.1) is 0 Å². The van der Waals surface area contributed by atoms with Gasteiger partial charge in [0.2, 0.25) is 0 Å². The van der Waals surface area contributed by atoms with E-state index in [0.717, 1.165) is 25.0 Å². The Bertz CT molecular complexity index is 421.